The van der Waals surface area contributed by atoms with E-state index in [0.29, 0.717) is 12.5 Å². The van der Waals surface area contributed by atoms with E-state index in [9.17, 15) is 4.79 Å². The normalized spacial score (nSPS) is 14.1. The summed E-state index contributed by atoms with van der Waals surface area (Å²) in [5, 5.41) is 0. The fraction of sp³-hybridized carbons (Fsp3) is 0.722. The number of carbonyl (C=O) groups excluding carboxylic acids is 1. The van der Waals surface area contributed by atoms with Crippen molar-refractivity contribution in [2.45, 2.75) is 66.7 Å². The van der Waals surface area contributed by atoms with Crippen molar-refractivity contribution in [1.29, 1.82) is 0 Å². The third-order valence-electron chi connectivity index (χ3n) is 3.85. The Kier molecular flexibility index (Phi) is 10.1. The largest absolute Gasteiger partial charge is 0.465 e. The summed E-state index contributed by atoms with van der Waals surface area (Å²) in [6.07, 6.45) is 13.5. The Morgan fingerprint density at radius 3 is 2.15 bits per heavy atom. The van der Waals surface area contributed by atoms with Crippen LogP contribution in [0, 0.1) is 11.3 Å². The van der Waals surface area contributed by atoms with Gasteiger partial charge in [-0.1, -0.05) is 45.1 Å². The first kappa shape index (κ1) is 18.9. The van der Waals surface area contributed by atoms with Crippen molar-refractivity contribution in [2.24, 2.45) is 11.3 Å². The van der Waals surface area contributed by atoms with Gasteiger partial charge in [-0.25, -0.2) is 0 Å². The molecule has 0 rings (SSSR count). The van der Waals surface area contributed by atoms with Crippen molar-refractivity contribution >= 4 is 5.97 Å². The second kappa shape index (κ2) is 10.7. The van der Waals surface area contributed by atoms with Gasteiger partial charge >= 0.3 is 5.97 Å². The van der Waals surface area contributed by atoms with Gasteiger partial charge in [0.1, 0.15) is 0 Å². The quantitative estimate of drug-likeness (QED) is 0.308. The van der Waals surface area contributed by atoms with E-state index in [1.54, 1.807) is 0 Å². The molecule has 0 aromatic heterocycles. The molecule has 0 aliphatic heterocycles. The number of esters is 1. The lowest BCUT2D eigenvalue weighted by Gasteiger charge is -2.29. The van der Waals surface area contributed by atoms with Crippen LogP contribution in [0.15, 0.2) is 24.3 Å². The highest BCUT2D eigenvalue weighted by Crippen LogP contribution is 2.31. The first-order valence-electron chi connectivity index (χ1n) is 7.94. The molecule has 0 aliphatic rings. The van der Waals surface area contributed by atoms with Crippen LogP contribution >= 0.6 is 0 Å². The molecule has 0 aliphatic carbocycles. The van der Waals surface area contributed by atoms with E-state index in [-0.39, 0.29) is 5.97 Å². The highest BCUT2D eigenvalue weighted by atomic mass is 16.5. The lowest BCUT2D eigenvalue weighted by molar-refractivity contribution is -0.156. The monoisotopic (exact) mass is 280 g/mol. The molecular weight excluding hydrogens is 248 g/mol. The minimum absolute atomic E-state index is 0.0747. The summed E-state index contributed by atoms with van der Waals surface area (Å²) in [7, 11) is 0. The lowest BCUT2D eigenvalue weighted by Crippen LogP contribution is -2.33. The summed E-state index contributed by atoms with van der Waals surface area (Å²) >= 11 is 0. The van der Waals surface area contributed by atoms with Crippen LogP contribution < -0.4 is 0 Å². The van der Waals surface area contributed by atoms with E-state index < -0.39 is 5.41 Å². The Balaban J connectivity index is 4.14. The molecule has 0 aromatic carbocycles. The predicted octanol–water partition coefficient (Wildman–Crippen LogP) is 5.29. The summed E-state index contributed by atoms with van der Waals surface area (Å²) in [4.78, 5) is 12.2. The topological polar surface area (TPSA) is 26.3 Å². The van der Waals surface area contributed by atoms with Gasteiger partial charge in [-0.05, 0) is 51.9 Å². The number of rotatable bonds is 10. The van der Waals surface area contributed by atoms with Crippen LogP contribution in [0.4, 0.5) is 0 Å². The maximum Gasteiger partial charge on any atom is 0.311 e. The Hall–Kier alpha value is -1.05. The molecule has 0 spiro atoms. The molecule has 0 bridgehead atoms. The molecule has 0 saturated heterocycles. The zero-order valence-corrected chi connectivity index (χ0v) is 13.9. The fourth-order valence-electron chi connectivity index (χ4n) is 1.88. The van der Waals surface area contributed by atoms with Gasteiger partial charge < -0.3 is 4.74 Å². The Bertz CT molecular complexity index is 313. The smallest absolute Gasteiger partial charge is 0.311 e. The average molecular weight is 280 g/mol. The van der Waals surface area contributed by atoms with Gasteiger partial charge in [0, 0.05) is 0 Å². The Labute approximate surface area is 125 Å². The molecule has 1 unspecified atom stereocenters. The van der Waals surface area contributed by atoms with Gasteiger partial charge in [0.15, 0.2) is 0 Å². The second-order valence-corrected chi connectivity index (χ2v) is 5.88. The van der Waals surface area contributed by atoms with Gasteiger partial charge in [0.05, 0.1) is 12.0 Å². The van der Waals surface area contributed by atoms with Crippen LogP contribution in [0.2, 0.25) is 0 Å². The number of hydrogen-bond acceptors (Lipinski definition) is 2. The molecule has 0 fully saturated rings. The molecule has 116 valence electrons. The maximum absolute atomic E-state index is 12.2. The molecule has 0 radical (unpaired) electrons. The highest BCUT2D eigenvalue weighted by Gasteiger charge is 2.34. The third kappa shape index (κ3) is 7.52. The van der Waals surface area contributed by atoms with Crippen LogP contribution in [-0.2, 0) is 9.53 Å². The minimum atomic E-state index is -0.408. The molecule has 2 heteroatoms. The van der Waals surface area contributed by atoms with Crippen molar-refractivity contribution in [2.75, 3.05) is 6.61 Å². The molecule has 20 heavy (non-hydrogen) atoms. The zero-order valence-electron chi connectivity index (χ0n) is 13.9. The fourth-order valence-corrected chi connectivity index (χ4v) is 1.88. The van der Waals surface area contributed by atoms with Crippen molar-refractivity contribution < 1.29 is 9.53 Å². The summed E-state index contributed by atoms with van der Waals surface area (Å²) in [6, 6.07) is 0. The molecule has 0 N–H and O–H groups in total. The van der Waals surface area contributed by atoms with Crippen molar-refractivity contribution in [3.8, 4) is 0 Å². The molecule has 2 nitrogen and oxygen atoms in total. The van der Waals surface area contributed by atoms with Crippen LogP contribution in [-0.4, -0.2) is 12.6 Å². The van der Waals surface area contributed by atoms with Crippen LogP contribution in [0.3, 0.4) is 0 Å². The third-order valence-corrected chi connectivity index (χ3v) is 3.85. The first-order chi connectivity index (χ1) is 9.46. The first-order valence-corrected chi connectivity index (χ1v) is 7.94. The van der Waals surface area contributed by atoms with Crippen molar-refractivity contribution in [1.82, 2.24) is 0 Å². The van der Waals surface area contributed by atoms with Gasteiger partial charge in [0.25, 0.3) is 0 Å². The van der Waals surface area contributed by atoms with E-state index in [4.69, 9.17) is 4.74 Å². The molecule has 0 amide bonds. The van der Waals surface area contributed by atoms with Crippen molar-refractivity contribution in [3.05, 3.63) is 24.3 Å². The number of ether oxygens (including phenoxy) is 1. The van der Waals surface area contributed by atoms with E-state index >= 15 is 0 Å². The highest BCUT2D eigenvalue weighted by molar-refractivity contribution is 5.76. The second-order valence-electron chi connectivity index (χ2n) is 5.88. The Morgan fingerprint density at radius 1 is 1.05 bits per heavy atom. The minimum Gasteiger partial charge on any atom is -0.465 e. The van der Waals surface area contributed by atoms with Crippen LogP contribution in [0.5, 0.6) is 0 Å². The van der Waals surface area contributed by atoms with Crippen LogP contribution in [0.25, 0.3) is 0 Å². The van der Waals surface area contributed by atoms with Gasteiger partial charge in [-0.2, -0.15) is 0 Å². The van der Waals surface area contributed by atoms with Crippen molar-refractivity contribution in [3.63, 3.8) is 0 Å². The summed E-state index contributed by atoms with van der Waals surface area (Å²) in [5.74, 6) is 0.247. The number of hydrogen-bond donors (Lipinski definition) is 0. The summed E-state index contributed by atoms with van der Waals surface area (Å²) < 4.78 is 5.39. The molecule has 0 saturated carbocycles. The lowest BCUT2D eigenvalue weighted by atomic mass is 9.77. The van der Waals surface area contributed by atoms with Gasteiger partial charge in [-0.3, -0.25) is 4.79 Å². The molecular formula is C18H32O2. The Morgan fingerprint density at radius 2 is 1.60 bits per heavy atom. The SMILES string of the molecule is CCC=CCCOC(=O)C(C)(C)C(C)CC/C=C\CC. The zero-order chi connectivity index (χ0) is 15.4. The number of allylic oxidation sites excluding steroid dienone is 3. The van der Waals surface area contributed by atoms with E-state index in [0.717, 1.165) is 32.1 Å². The van der Waals surface area contributed by atoms with Crippen LogP contribution in [0.1, 0.15) is 66.7 Å². The standard InChI is InChI=1S/C18H32O2/c1-6-8-10-12-14-16(3)18(4,5)17(19)20-15-13-11-9-7-2/h8-11,16H,6-7,12-15H2,1-5H3/b10-8-,11-9?. The molecule has 0 heterocycles. The predicted molar refractivity (Wildman–Crippen MR) is 86.6 cm³/mol. The summed E-state index contributed by atoms with van der Waals surface area (Å²) in [5.41, 5.74) is -0.408. The summed E-state index contributed by atoms with van der Waals surface area (Å²) in [6.45, 7) is 10.8. The van der Waals surface area contributed by atoms with E-state index in [1.807, 2.05) is 13.8 Å². The maximum atomic E-state index is 12.2. The number of carbonyl (C=O) groups is 1. The van der Waals surface area contributed by atoms with E-state index in [1.165, 1.54) is 0 Å². The van der Waals surface area contributed by atoms with E-state index in [2.05, 4.69) is 45.1 Å². The van der Waals surface area contributed by atoms with Gasteiger partial charge in [0.2, 0.25) is 0 Å². The average Bonchev–Trinajstić information content (AvgIpc) is 2.42. The molecule has 1 atom stereocenters. The van der Waals surface area contributed by atoms with Gasteiger partial charge in [-0.15, -0.1) is 0 Å². The molecule has 0 aromatic rings.